The highest BCUT2D eigenvalue weighted by atomic mass is 32.2. The van der Waals surface area contributed by atoms with E-state index in [1.807, 2.05) is 0 Å². The average molecular weight is 354 g/mol. The largest absolute Gasteiger partial charge is 0.455 e. The smallest absolute Gasteiger partial charge is 0.350 e. The van der Waals surface area contributed by atoms with Crippen LogP contribution in [0.1, 0.15) is 6.42 Å². The van der Waals surface area contributed by atoms with Crippen LogP contribution in [0.4, 0.5) is 27.6 Å². The minimum atomic E-state index is -5.74. The number of carbonyl (C=O) groups is 2. The van der Waals surface area contributed by atoms with E-state index in [0.29, 0.717) is 10.6 Å². The van der Waals surface area contributed by atoms with Gasteiger partial charge in [0.1, 0.15) is 0 Å². The van der Waals surface area contributed by atoms with Crippen molar-refractivity contribution >= 4 is 29.3 Å². The van der Waals surface area contributed by atoms with Gasteiger partial charge in [0.15, 0.2) is 0 Å². The van der Waals surface area contributed by atoms with Gasteiger partial charge in [-0.2, -0.15) is 22.0 Å². The van der Waals surface area contributed by atoms with E-state index in [-0.39, 0.29) is 0 Å². The molecule has 4 nitrogen and oxygen atoms in total. The second kappa shape index (κ2) is 6.34. The van der Waals surface area contributed by atoms with Gasteiger partial charge in [-0.3, -0.25) is 9.59 Å². The molecule has 1 aliphatic rings. The molecule has 1 aromatic carbocycles. The normalized spacial score (nSPS) is 18.1. The van der Waals surface area contributed by atoms with Gasteiger partial charge < -0.3 is 10.6 Å². The lowest BCUT2D eigenvalue weighted by atomic mass is 10.2. The molecule has 0 fully saturated rings. The zero-order valence-electron chi connectivity index (χ0n) is 11.4. The summed E-state index contributed by atoms with van der Waals surface area (Å²) in [6, 6.07) is 6.76. The molecule has 126 valence electrons. The van der Waals surface area contributed by atoms with Crippen LogP contribution in [-0.4, -0.2) is 35.7 Å². The van der Waals surface area contributed by atoms with Gasteiger partial charge >= 0.3 is 12.1 Å². The van der Waals surface area contributed by atoms with Crippen LogP contribution in [0, 0.1) is 0 Å². The third-order valence-corrected chi connectivity index (χ3v) is 4.27. The van der Waals surface area contributed by atoms with E-state index < -0.39 is 42.1 Å². The van der Waals surface area contributed by atoms with E-state index in [0.717, 1.165) is 11.8 Å². The Kier molecular flexibility index (Phi) is 4.83. The van der Waals surface area contributed by atoms with E-state index in [4.69, 9.17) is 0 Å². The predicted octanol–water partition coefficient (Wildman–Crippen LogP) is 2.80. The summed E-state index contributed by atoms with van der Waals surface area (Å²) in [6.07, 6.45) is -6.24. The molecule has 0 spiro atoms. The molecule has 1 heterocycles. The fraction of sp³-hybridized carbons (Fsp3) is 0.385. The van der Waals surface area contributed by atoms with Crippen molar-refractivity contribution < 1.29 is 31.5 Å². The summed E-state index contributed by atoms with van der Waals surface area (Å²) in [5.41, 5.74) is 0.558. The summed E-state index contributed by atoms with van der Waals surface area (Å²) in [6.45, 7) is -1.86. The number of hydrogen-bond donors (Lipinski definition) is 2. The number of para-hydroxylation sites is 1. The number of anilines is 1. The van der Waals surface area contributed by atoms with Crippen LogP contribution in [0.15, 0.2) is 29.2 Å². The van der Waals surface area contributed by atoms with E-state index in [9.17, 15) is 31.5 Å². The maximum absolute atomic E-state index is 12.7. The van der Waals surface area contributed by atoms with Gasteiger partial charge in [0.25, 0.3) is 0 Å². The van der Waals surface area contributed by atoms with Gasteiger partial charge in [0.2, 0.25) is 11.8 Å². The lowest BCUT2D eigenvalue weighted by Gasteiger charge is -2.24. The third-order valence-electron chi connectivity index (χ3n) is 3.00. The summed E-state index contributed by atoms with van der Waals surface area (Å²) < 4.78 is 61.4. The first kappa shape index (κ1) is 17.5. The van der Waals surface area contributed by atoms with Crippen molar-refractivity contribution in [2.45, 2.75) is 28.7 Å². The highest BCUT2D eigenvalue weighted by molar-refractivity contribution is 8.01. The first-order valence-electron chi connectivity index (χ1n) is 6.38. The Morgan fingerprint density at radius 3 is 2.52 bits per heavy atom. The van der Waals surface area contributed by atoms with Gasteiger partial charge in [-0.15, -0.1) is 11.8 Å². The first-order valence-corrected chi connectivity index (χ1v) is 7.26. The average Bonchev–Trinajstić information content (AvgIpc) is 2.45. The highest BCUT2D eigenvalue weighted by Gasteiger charge is 2.57. The zero-order chi connectivity index (χ0) is 17.3. The number of benzene rings is 1. The number of alkyl halides is 5. The molecule has 2 N–H and O–H groups in total. The summed E-state index contributed by atoms with van der Waals surface area (Å²) in [4.78, 5) is 24.0. The quantitative estimate of drug-likeness (QED) is 0.818. The molecule has 1 atom stereocenters. The minimum absolute atomic E-state index is 0.501. The molecule has 0 unspecified atom stereocenters. The Morgan fingerprint density at radius 1 is 1.22 bits per heavy atom. The number of halogens is 5. The number of nitrogens with one attached hydrogen (secondary N) is 2. The van der Waals surface area contributed by atoms with E-state index in [1.54, 1.807) is 24.3 Å². The lowest BCUT2D eigenvalue weighted by molar-refractivity contribution is -0.278. The number of thioether (sulfide) groups is 1. The summed E-state index contributed by atoms with van der Waals surface area (Å²) in [5.74, 6) is -6.58. The fourth-order valence-corrected chi connectivity index (χ4v) is 2.89. The van der Waals surface area contributed by atoms with Gasteiger partial charge in [-0.05, 0) is 12.1 Å². The van der Waals surface area contributed by atoms with Crippen LogP contribution in [-0.2, 0) is 9.59 Å². The number of carbonyl (C=O) groups excluding carboxylic acids is 2. The van der Waals surface area contributed by atoms with Crippen molar-refractivity contribution in [2.75, 3.05) is 11.9 Å². The van der Waals surface area contributed by atoms with Gasteiger partial charge in [0, 0.05) is 11.3 Å². The van der Waals surface area contributed by atoms with Crippen LogP contribution in [0.5, 0.6) is 0 Å². The summed E-state index contributed by atoms with van der Waals surface area (Å²) in [5, 5.41) is 3.16. The standard InChI is InChI=1S/C13H11F5N2O2S/c14-12(15,13(16,17)18)6-19-10(21)5-9-11(22)20-7-3-1-2-4-8(7)23-9/h1-4,9H,5-6H2,(H,19,21)(H,20,22)/t9-/m0/s1. The SMILES string of the molecule is O=C(C[C@@H]1Sc2ccccc2NC1=O)NCC(F)(F)C(F)(F)F. The molecular weight excluding hydrogens is 343 g/mol. The second-order valence-electron chi connectivity index (χ2n) is 4.77. The number of hydrogen-bond acceptors (Lipinski definition) is 3. The molecule has 1 aliphatic heterocycles. The molecule has 2 amide bonds. The van der Waals surface area contributed by atoms with Crippen molar-refractivity contribution in [3.8, 4) is 0 Å². The Morgan fingerprint density at radius 2 is 1.87 bits per heavy atom. The molecular formula is C13H11F5N2O2S. The topological polar surface area (TPSA) is 58.2 Å². The maximum Gasteiger partial charge on any atom is 0.455 e. The van der Waals surface area contributed by atoms with Crippen LogP contribution in [0.25, 0.3) is 0 Å². The Bertz CT molecular complexity index is 621. The fourth-order valence-electron chi connectivity index (χ4n) is 1.78. The van der Waals surface area contributed by atoms with Crippen molar-refractivity contribution in [1.82, 2.24) is 5.32 Å². The van der Waals surface area contributed by atoms with Crippen molar-refractivity contribution in [2.24, 2.45) is 0 Å². The van der Waals surface area contributed by atoms with E-state index >= 15 is 0 Å². The van der Waals surface area contributed by atoms with Gasteiger partial charge in [-0.25, -0.2) is 0 Å². The second-order valence-corrected chi connectivity index (χ2v) is 6.02. The molecule has 0 saturated carbocycles. The molecule has 0 bridgehead atoms. The maximum atomic E-state index is 12.7. The molecule has 0 aliphatic carbocycles. The molecule has 0 saturated heterocycles. The zero-order valence-corrected chi connectivity index (χ0v) is 12.2. The summed E-state index contributed by atoms with van der Waals surface area (Å²) >= 11 is 1.05. The van der Waals surface area contributed by atoms with Crippen LogP contribution in [0.2, 0.25) is 0 Å². The Labute approximate surface area is 131 Å². The Balaban J connectivity index is 1.93. The van der Waals surface area contributed by atoms with Gasteiger partial charge in [-0.1, -0.05) is 12.1 Å². The van der Waals surface area contributed by atoms with Crippen molar-refractivity contribution in [1.29, 1.82) is 0 Å². The molecule has 1 aromatic rings. The molecule has 0 radical (unpaired) electrons. The number of rotatable bonds is 4. The molecule has 0 aromatic heterocycles. The van der Waals surface area contributed by atoms with Crippen LogP contribution < -0.4 is 10.6 Å². The molecule has 23 heavy (non-hydrogen) atoms. The van der Waals surface area contributed by atoms with Crippen LogP contribution in [0.3, 0.4) is 0 Å². The summed E-state index contributed by atoms with van der Waals surface area (Å²) in [7, 11) is 0. The molecule has 2 rings (SSSR count). The number of amides is 2. The molecule has 10 heteroatoms. The lowest BCUT2D eigenvalue weighted by Crippen LogP contribution is -2.47. The monoisotopic (exact) mass is 354 g/mol. The highest BCUT2D eigenvalue weighted by Crippen LogP contribution is 2.37. The van der Waals surface area contributed by atoms with Gasteiger partial charge in [0.05, 0.1) is 17.5 Å². The third kappa shape index (κ3) is 4.12. The van der Waals surface area contributed by atoms with Crippen molar-refractivity contribution in [3.63, 3.8) is 0 Å². The number of fused-ring (bicyclic) bond motifs is 1. The predicted molar refractivity (Wildman–Crippen MR) is 73.3 cm³/mol. The van der Waals surface area contributed by atoms with E-state index in [2.05, 4.69) is 5.32 Å². The first-order chi connectivity index (χ1) is 10.6. The Hall–Kier alpha value is -1.84. The van der Waals surface area contributed by atoms with Crippen LogP contribution >= 0.6 is 11.8 Å². The minimum Gasteiger partial charge on any atom is -0.350 e. The van der Waals surface area contributed by atoms with E-state index in [1.165, 1.54) is 5.32 Å². The van der Waals surface area contributed by atoms with Crippen molar-refractivity contribution in [3.05, 3.63) is 24.3 Å².